The Kier molecular flexibility index (Phi) is 4.33. The summed E-state index contributed by atoms with van der Waals surface area (Å²) in [6.07, 6.45) is 3.70. The molecule has 1 aromatic rings. The Morgan fingerprint density at radius 2 is 1.78 bits per heavy atom. The number of rotatable bonds is 3. The van der Waals surface area contributed by atoms with Crippen LogP contribution >= 0.6 is 11.8 Å². The van der Waals surface area contributed by atoms with E-state index in [0.29, 0.717) is 10.8 Å². The Hall–Kier alpha value is -0.960. The summed E-state index contributed by atoms with van der Waals surface area (Å²) in [6, 6.07) is 7.34. The zero-order valence-electron chi connectivity index (χ0n) is 10.9. The molecule has 0 saturated heterocycles. The molecule has 1 fully saturated rings. The van der Waals surface area contributed by atoms with Gasteiger partial charge in [-0.05, 0) is 43.2 Å². The fourth-order valence-electron chi connectivity index (χ4n) is 2.90. The molecule has 0 aromatic heterocycles. The van der Waals surface area contributed by atoms with E-state index in [1.807, 2.05) is 12.1 Å². The van der Waals surface area contributed by atoms with Crippen molar-refractivity contribution in [2.45, 2.75) is 43.3 Å². The van der Waals surface area contributed by atoms with Gasteiger partial charge in [-0.3, -0.25) is 0 Å². The van der Waals surface area contributed by atoms with Crippen LogP contribution < -0.4 is 0 Å². The number of carbonyl (C=O) groups is 1. The second kappa shape index (κ2) is 5.79. The third-order valence-corrected chi connectivity index (χ3v) is 4.87. The Morgan fingerprint density at radius 1 is 1.17 bits per heavy atom. The molecule has 1 N–H and O–H groups in total. The molecule has 0 radical (unpaired) electrons. The first kappa shape index (κ1) is 13.5. The van der Waals surface area contributed by atoms with Crippen LogP contribution in [0, 0.1) is 11.8 Å². The molecule has 1 aliphatic rings. The molecule has 1 aromatic carbocycles. The number of carboxylic acids is 1. The molecule has 0 aliphatic heterocycles. The highest BCUT2D eigenvalue weighted by Crippen LogP contribution is 2.39. The first-order chi connectivity index (χ1) is 8.56. The molecule has 18 heavy (non-hydrogen) atoms. The minimum Gasteiger partial charge on any atom is -0.478 e. The lowest BCUT2D eigenvalue weighted by Crippen LogP contribution is -2.21. The standard InChI is InChI=1S/C15H20O2S/c1-10-7-11(2)9-12(8-10)18-14-6-4-3-5-13(14)15(16)17/h3-6,10-12H,7-9H2,1-2H3,(H,16,17). The molecule has 0 spiro atoms. The molecule has 2 rings (SSSR count). The summed E-state index contributed by atoms with van der Waals surface area (Å²) >= 11 is 1.75. The van der Waals surface area contributed by atoms with E-state index < -0.39 is 5.97 Å². The highest BCUT2D eigenvalue weighted by Gasteiger charge is 2.25. The van der Waals surface area contributed by atoms with Crippen LogP contribution in [-0.4, -0.2) is 16.3 Å². The first-order valence-electron chi connectivity index (χ1n) is 6.55. The van der Waals surface area contributed by atoms with Gasteiger partial charge in [-0.25, -0.2) is 4.79 Å². The molecular weight excluding hydrogens is 244 g/mol. The normalized spacial score (nSPS) is 28.0. The van der Waals surface area contributed by atoms with Crippen molar-refractivity contribution in [1.29, 1.82) is 0 Å². The molecule has 3 heteroatoms. The molecule has 2 atom stereocenters. The summed E-state index contributed by atoms with van der Waals surface area (Å²) in [5, 5.41) is 9.75. The lowest BCUT2D eigenvalue weighted by Gasteiger charge is -2.31. The fourth-order valence-corrected chi connectivity index (χ4v) is 4.54. The largest absolute Gasteiger partial charge is 0.478 e. The van der Waals surface area contributed by atoms with E-state index in [4.69, 9.17) is 0 Å². The highest BCUT2D eigenvalue weighted by atomic mass is 32.2. The van der Waals surface area contributed by atoms with Gasteiger partial charge >= 0.3 is 5.97 Å². The summed E-state index contributed by atoms with van der Waals surface area (Å²) in [7, 11) is 0. The van der Waals surface area contributed by atoms with E-state index in [2.05, 4.69) is 13.8 Å². The van der Waals surface area contributed by atoms with Crippen molar-refractivity contribution in [3.63, 3.8) is 0 Å². The van der Waals surface area contributed by atoms with Gasteiger partial charge in [0.05, 0.1) is 5.56 Å². The quantitative estimate of drug-likeness (QED) is 0.884. The number of thioether (sulfide) groups is 1. The predicted octanol–water partition coefficient (Wildman–Crippen LogP) is 4.30. The third kappa shape index (κ3) is 3.29. The Bertz CT molecular complexity index is 420. The summed E-state index contributed by atoms with van der Waals surface area (Å²) in [6.45, 7) is 4.60. The van der Waals surface area contributed by atoms with Gasteiger partial charge in [-0.2, -0.15) is 0 Å². The van der Waals surface area contributed by atoms with Crippen molar-refractivity contribution in [1.82, 2.24) is 0 Å². The molecule has 2 unspecified atom stereocenters. The van der Waals surface area contributed by atoms with Gasteiger partial charge < -0.3 is 5.11 Å². The number of aromatic carboxylic acids is 1. The predicted molar refractivity (Wildman–Crippen MR) is 75.2 cm³/mol. The van der Waals surface area contributed by atoms with Gasteiger partial charge in [0.1, 0.15) is 0 Å². The SMILES string of the molecule is CC1CC(C)CC(Sc2ccccc2C(=O)O)C1. The average molecular weight is 264 g/mol. The summed E-state index contributed by atoms with van der Waals surface area (Å²) in [4.78, 5) is 12.1. The molecule has 0 heterocycles. The van der Waals surface area contributed by atoms with Crippen molar-refractivity contribution in [3.8, 4) is 0 Å². The first-order valence-corrected chi connectivity index (χ1v) is 7.43. The molecule has 2 nitrogen and oxygen atoms in total. The second-order valence-corrected chi connectivity index (χ2v) is 6.80. The van der Waals surface area contributed by atoms with E-state index in [-0.39, 0.29) is 0 Å². The maximum absolute atomic E-state index is 11.2. The Labute approximate surface area is 113 Å². The summed E-state index contributed by atoms with van der Waals surface area (Å²) in [5.41, 5.74) is 0.438. The minimum atomic E-state index is -0.824. The summed E-state index contributed by atoms with van der Waals surface area (Å²) in [5.74, 6) is 0.682. The van der Waals surface area contributed by atoms with Crippen molar-refractivity contribution >= 4 is 17.7 Å². The van der Waals surface area contributed by atoms with Gasteiger partial charge in [0.25, 0.3) is 0 Å². The zero-order chi connectivity index (χ0) is 13.1. The van der Waals surface area contributed by atoms with E-state index in [9.17, 15) is 9.90 Å². The van der Waals surface area contributed by atoms with Crippen molar-refractivity contribution in [2.24, 2.45) is 11.8 Å². The van der Waals surface area contributed by atoms with Crippen LogP contribution in [0.25, 0.3) is 0 Å². The number of hydrogen-bond acceptors (Lipinski definition) is 2. The van der Waals surface area contributed by atoms with Gasteiger partial charge in [-0.1, -0.05) is 26.0 Å². The van der Waals surface area contributed by atoms with Crippen LogP contribution in [0.1, 0.15) is 43.5 Å². The van der Waals surface area contributed by atoms with Crippen LogP contribution in [0.2, 0.25) is 0 Å². The third-order valence-electron chi connectivity index (χ3n) is 3.55. The number of benzene rings is 1. The lowest BCUT2D eigenvalue weighted by atomic mass is 9.83. The van der Waals surface area contributed by atoms with Gasteiger partial charge in [0.2, 0.25) is 0 Å². The van der Waals surface area contributed by atoms with Crippen LogP contribution in [-0.2, 0) is 0 Å². The van der Waals surface area contributed by atoms with E-state index >= 15 is 0 Å². The lowest BCUT2D eigenvalue weighted by molar-refractivity contribution is 0.0693. The Morgan fingerprint density at radius 3 is 2.39 bits per heavy atom. The van der Waals surface area contributed by atoms with Crippen molar-refractivity contribution in [2.75, 3.05) is 0 Å². The molecular formula is C15H20O2S. The molecule has 0 amide bonds. The van der Waals surface area contributed by atoms with E-state index in [1.165, 1.54) is 19.3 Å². The van der Waals surface area contributed by atoms with Gasteiger partial charge in [-0.15, -0.1) is 11.8 Å². The monoisotopic (exact) mass is 264 g/mol. The van der Waals surface area contributed by atoms with Gasteiger partial charge in [0.15, 0.2) is 0 Å². The highest BCUT2D eigenvalue weighted by molar-refractivity contribution is 8.00. The zero-order valence-corrected chi connectivity index (χ0v) is 11.7. The van der Waals surface area contributed by atoms with Crippen LogP contribution in [0.4, 0.5) is 0 Å². The molecule has 1 saturated carbocycles. The average Bonchev–Trinajstić information content (AvgIpc) is 2.27. The molecule has 98 valence electrons. The van der Waals surface area contributed by atoms with Gasteiger partial charge in [0, 0.05) is 10.1 Å². The molecule has 0 bridgehead atoms. The fraction of sp³-hybridized carbons (Fsp3) is 0.533. The van der Waals surface area contributed by atoms with E-state index in [1.54, 1.807) is 23.9 Å². The van der Waals surface area contributed by atoms with Crippen LogP contribution in [0.15, 0.2) is 29.2 Å². The summed E-state index contributed by atoms with van der Waals surface area (Å²) < 4.78 is 0. The topological polar surface area (TPSA) is 37.3 Å². The van der Waals surface area contributed by atoms with Crippen molar-refractivity contribution < 1.29 is 9.90 Å². The van der Waals surface area contributed by atoms with E-state index in [0.717, 1.165) is 16.7 Å². The van der Waals surface area contributed by atoms with Crippen LogP contribution in [0.5, 0.6) is 0 Å². The maximum atomic E-state index is 11.2. The maximum Gasteiger partial charge on any atom is 0.336 e. The smallest absolute Gasteiger partial charge is 0.336 e. The molecule has 1 aliphatic carbocycles. The number of carboxylic acid groups (broad SMARTS) is 1. The number of hydrogen-bond donors (Lipinski definition) is 1. The minimum absolute atomic E-state index is 0.438. The Balaban J connectivity index is 2.11. The second-order valence-electron chi connectivity index (χ2n) is 5.46. The van der Waals surface area contributed by atoms with Crippen LogP contribution in [0.3, 0.4) is 0 Å². The van der Waals surface area contributed by atoms with Crippen molar-refractivity contribution in [3.05, 3.63) is 29.8 Å².